The Morgan fingerprint density at radius 1 is 0.755 bits per heavy atom. The number of ether oxygens (including phenoxy) is 2. The molecule has 0 aliphatic heterocycles. The average molecular weight is 750 g/mol. The summed E-state index contributed by atoms with van der Waals surface area (Å²) in [5, 5.41) is 6.58. The lowest BCUT2D eigenvalue weighted by Crippen LogP contribution is -2.40. The Kier molecular flexibility index (Phi) is 13.0. The Labute approximate surface area is 296 Å². The molecule has 0 fully saturated rings. The number of fused-ring (bicyclic) bond motifs is 1. The van der Waals surface area contributed by atoms with Crippen LogP contribution < -0.4 is 19.2 Å². The fourth-order valence-corrected chi connectivity index (χ4v) is 8.35. The maximum Gasteiger partial charge on any atom is 0.409 e. The zero-order chi connectivity index (χ0) is 35.8. The number of benzene rings is 4. The molecule has 0 saturated carbocycles. The maximum absolute atomic E-state index is 13.4. The van der Waals surface area contributed by atoms with Gasteiger partial charge in [0.2, 0.25) is 0 Å². The van der Waals surface area contributed by atoms with Crippen LogP contribution in [0.15, 0.2) is 97.1 Å². The van der Waals surface area contributed by atoms with Crippen molar-refractivity contribution in [2.75, 3.05) is 0 Å². The third kappa shape index (κ3) is 11.9. The Hall–Kier alpha value is -3.36. The van der Waals surface area contributed by atoms with E-state index in [1.165, 1.54) is 6.92 Å². The molecule has 4 aromatic rings. The van der Waals surface area contributed by atoms with E-state index in [1.807, 2.05) is 48.5 Å². The van der Waals surface area contributed by atoms with E-state index in [4.69, 9.17) is 41.0 Å². The van der Waals surface area contributed by atoms with Crippen LogP contribution in [0, 0.1) is 5.92 Å². The van der Waals surface area contributed by atoms with Crippen molar-refractivity contribution >= 4 is 58.9 Å². The monoisotopic (exact) mass is 748 g/mol. The molecule has 49 heavy (non-hydrogen) atoms. The van der Waals surface area contributed by atoms with Crippen LogP contribution >= 0.6 is 36.2 Å². The number of nitrogens with one attached hydrogen (secondary N) is 2. The third-order valence-electron chi connectivity index (χ3n) is 7.23. The minimum absolute atomic E-state index is 0.0643. The summed E-state index contributed by atoms with van der Waals surface area (Å²) in [4.78, 5) is 25.8. The minimum Gasteiger partial charge on any atom is -0.460 e. The Morgan fingerprint density at radius 2 is 1.39 bits per heavy atom. The molecule has 4 rings (SSSR count). The number of hydrogen-bond donors (Lipinski definition) is 2. The van der Waals surface area contributed by atoms with Gasteiger partial charge in [-0.15, -0.1) is 0 Å². The maximum atomic E-state index is 13.4. The number of rotatable bonds is 16. The fourth-order valence-electron chi connectivity index (χ4n) is 4.92. The summed E-state index contributed by atoms with van der Waals surface area (Å²) < 4.78 is 48.5. The van der Waals surface area contributed by atoms with Crippen LogP contribution in [0.4, 0.5) is 0 Å². The molecule has 2 unspecified atom stereocenters. The van der Waals surface area contributed by atoms with Crippen molar-refractivity contribution in [3.63, 3.8) is 0 Å². The summed E-state index contributed by atoms with van der Waals surface area (Å²) in [5.41, 5.74) is 0.702. The van der Waals surface area contributed by atoms with Gasteiger partial charge < -0.3 is 18.5 Å². The van der Waals surface area contributed by atoms with Crippen LogP contribution in [0.1, 0.15) is 45.7 Å². The van der Waals surface area contributed by atoms with Crippen LogP contribution in [0.5, 0.6) is 11.5 Å². The zero-order valence-electron chi connectivity index (χ0n) is 27.8. The Bertz CT molecular complexity index is 1840. The van der Waals surface area contributed by atoms with Crippen molar-refractivity contribution in [2.24, 2.45) is 5.92 Å². The summed E-state index contributed by atoms with van der Waals surface area (Å²) in [6.45, 7) is 0.682. The average Bonchev–Trinajstić information content (AvgIpc) is 3.02. The van der Waals surface area contributed by atoms with E-state index in [9.17, 15) is 18.7 Å². The first-order valence-corrected chi connectivity index (χ1v) is 20.6. The summed E-state index contributed by atoms with van der Waals surface area (Å²) in [7, 11) is 0. The van der Waals surface area contributed by atoms with E-state index in [0.29, 0.717) is 17.6 Å². The highest BCUT2D eigenvalue weighted by atomic mass is 35.7. The number of para-hydroxylation sites is 1. The standard InChI is InChI=1S/C35H40Cl2N2O8P2/c1-24(2)32(34(41)44-23-26-13-8-6-9-14-26)39-49(37,43)47-31-18-12-15-28-21-27(19-20-30(28)31)22-35(4,5)45-33(40)25(3)38-48(36,42)46-29-16-10-7-11-17-29/h6-21,24-25,32H,22-23H2,1-5H3,(H,38,42)(H,39,43)/t25-,32-,48?,49?/m0/s1. The van der Waals surface area contributed by atoms with Crippen LogP contribution in [0.25, 0.3) is 10.8 Å². The molecule has 2 N–H and O–H groups in total. The highest BCUT2D eigenvalue weighted by molar-refractivity contribution is 7.84. The van der Waals surface area contributed by atoms with Crippen molar-refractivity contribution in [3.8, 4) is 11.5 Å². The molecule has 262 valence electrons. The first-order valence-electron chi connectivity index (χ1n) is 15.6. The zero-order valence-corrected chi connectivity index (χ0v) is 31.1. The summed E-state index contributed by atoms with van der Waals surface area (Å²) in [5.74, 6) is -1.01. The van der Waals surface area contributed by atoms with Gasteiger partial charge in [-0.05, 0) is 61.4 Å². The smallest absolute Gasteiger partial charge is 0.409 e. The first-order chi connectivity index (χ1) is 23.0. The van der Waals surface area contributed by atoms with Gasteiger partial charge in [-0.3, -0.25) is 9.59 Å². The first kappa shape index (κ1) is 38.4. The molecule has 0 radical (unpaired) electrons. The van der Waals surface area contributed by atoms with Crippen LogP contribution in [0.3, 0.4) is 0 Å². The van der Waals surface area contributed by atoms with Gasteiger partial charge in [0.15, 0.2) is 0 Å². The predicted octanol–water partition coefficient (Wildman–Crippen LogP) is 9.19. The number of esters is 2. The molecule has 0 amide bonds. The molecule has 0 saturated heterocycles. The van der Waals surface area contributed by atoms with Gasteiger partial charge >= 0.3 is 25.7 Å². The Morgan fingerprint density at radius 3 is 2.04 bits per heavy atom. The van der Waals surface area contributed by atoms with Crippen LogP contribution in [-0.2, 0) is 41.2 Å². The number of carbonyl (C=O) groups is 2. The third-order valence-corrected chi connectivity index (χ3v) is 10.4. The quantitative estimate of drug-likeness (QED) is 0.0845. The molecule has 0 bridgehead atoms. The van der Waals surface area contributed by atoms with Gasteiger partial charge in [-0.2, -0.15) is 0 Å². The molecule has 0 aliphatic carbocycles. The van der Waals surface area contributed by atoms with E-state index in [-0.39, 0.29) is 18.3 Å². The van der Waals surface area contributed by atoms with Crippen molar-refractivity contribution in [1.82, 2.24) is 10.2 Å². The van der Waals surface area contributed by atoms with Gasteiger partial charge in [0.25, 0.3) is 0 Å². The second-order valence-corrected chi connectivity index (χ2v) is 17.9. The molecular weight excluding hydrogens is 709 g/mol. The van der Waals surface area contributed by atoms with Gasteiger partial charge in [0, 0.05) is 34.3 Å². The second kappa shape index (κ2) is 16.6. The number of halogens is 2. The van der Waals surface area contributed by atoms with Gasteiger partial charge in [0.05, 0.1) is 0 Å². The van der Waals surface area contributed by atoms with Crippen molar-refractivity contribution in [3.05, 3.63) is 108 Å². The number of carbonyl (C=O) groups excluding carboxylic acids is 2. The van der Waals surface area contributed by atoms with Crippen LogP contribution in [0.2, 0.25) is 0 Å². The van der Waals surface area contributed by atoms with Crippen LogP contribution in [-0.4, -0.2) is 29.6 Å². The van der Waals surface area contributed by atoms with Crippen molar-refractivity contribution in [1.29, 1.82) is 0 Å². The molecule has 0 aliphatic rings. The topological polar surface area (TPSA) is 129 Å². The van der Waals surface area contributed by atoms with E-state index in [2.05, 4.69) is 10.2 Å². The normalized spacial score (nSPS) is 15.4. The molecule has 4 atom stereocenters. The summed E-state index contributed by atoms with van der Waals surface area (Å²) >= 11 is 12.4. The second-order valence-electron chi connectivity index (χ2n) is 12.4. The highest BCUT2D eigenvalue weighted by Gasteiger charge is 2.34. The molecule has 0 aromatic heterocycles. The lowest BCUT2D eigenvalue weighted by Gasteiger charge is -2.28. The van der Waals surface area contributed by atoms with Gasteiger partial charge in [-0.1, -0.05) is 92.7 Å². The van der Waals surface area contributed by atoms with Gasteiger partial charge in [0.1, 0.15) is 35.8 Å². The van der Waals surface area contributed by atoms with E-state index < -0.39 is 43.4 Å². The van der Waals surface area contributed by atoms with E-state index in [0.717, 1.165) is 16.5 Å². The SMILES string of the molecule is CC(C)[C@H](NP(=O)(Cl)Oc1cccc2cc(CC(C)(C)OC(=O)[C@H](C)NP(=O)(Cl)Oc3ccccc3)ccc12)C(=O)OCc1ccccc1. The summed E-state index contributed by atoms with van der Waals surface area (Å²) in [6, 6.07) is 26.3. The lowest BCUT2D eigenvalue weighted by atomic mass is 9.96. The van der Waals surface area contributed by atoms with E-state index >= 15 is 0 Å². The molecular formula is C35H40Cl2N2O8P2. The highest BCUT2D eigenvalue weighted by Crippen LogP contribution is 2.51. The summed E-state index contributed by atoms with van der Waals surface area (Å²) in [6.07, 6.45) is 0.336. The predicted molar refractivity (Wildman–Crippen MR) is 193 cm³/mol. The van der Waals surface area contributed by atoms with Crippen molar-refractivity contribution in [2.45, 2.75) is 65.3 Å². The minimum atomic E-state index is -4.06. The molecule has 4 aromatic carbocycles. The number of hydrogen-bond acceptors (Lipinski definition) is 8. The fraction of sp³-hybridized carbons (Fsp3) is 0.314. The van der Waals surface area contributed by atoms with E-state index in [1.54, 1.807) is 76.2 Å². The molecule has 14 heteroatoms. The molecule has 10 nitrogen and oxygen atoms in total. The van der Waals surface area contributed by atoms with Gasteiger partial charge in [-0.25, -0.2) is 19.3 Å². The van der Waals surface area contributed by atoms with Crippen molar-refractivity contribution < 1.29 is 37.2 Å². The molecule has 0 heterocycles. The Balaban J connectivity index is 1.38. The largest absolute Gasteiger partial charge is 0.460 e. The lowest BCUT2D eigenvalue weighted by molar-refractivity contribution is -0.158. The molecule has 0 spiro atoms.